The van der Waals surface area contributed by atoms with Crippen LogP contribution in [0, 0.1) is 0 Å². The summed E-state index contributed by atoms with van der Waals surface area (Å²) in [4.78, 5) is 27.2. The second-order valence-corrected chi connectivity index (χ2v) is 4.34. The third-order valence-electron chi connectivity index (χ3n) is 3.03. The Morgan fingerprint density at radius 1 is 1.25 bits per heavy atom. The number of nitrogens with zero attached hydrogens (tertiary/aromatic N) is 1. The van der Waals surface area contributed by atoms with Gasteiger partial charge in [0.2, 0.25) is 5.43 Å². The zero-order valence-corrected chi connectivity index (χ0v) is 10.5. The van der Waals surface area contributed by atoms with Crippen LogP contribution in [0.25, 0.3) is 10.9 Å². The highest BCUT2D eigenvalue weighted by atomic mass is 16.2. The summed E-state index contributed by atoms with van der Waals surface area (Å²) in [6.45, 7) is 0.297. The first-order chi connectivity index (χ1) is 9.75. The van der Waals surface area contributed by atoms with Crippen LogP contribution in [0.4, 0.5) is 0 Å². The number of pyridine rings is 1. The normalized spacial score (nSPS) is 10.6. The number of fused-ring (bicyclic) bond motifs is 1. The molecule has 3 rings (SSSR count). The molecule has 6 heteroatoms. The molecule has 1 aromatic carbocycles. The number of aromatic nitrogens is 3. The first kappa shape index (κ1) is 12.2. The highest BCUT2D eigenvalue weighted by Crippen LogP contribution is 2.07. The monoisotopic (exact) mass is 268 g/mol. The number of para-hydroxylation sites is 1. The Labute approximate surface area is 113 Å². The second-order valence-electron chi connectivity index (χ2n) is 4.34. The molecule has 2 aromatic heterocycles. The number of H-pyrrole nitrogens is 2. The van der Waals surface area contributed by atoms with Gasteiger partial charge in [-0.3, -0.25) is 14.7 Å². The number of nitrogens with one attached hydrogen (secondary N) is 3. The molecule has 3 N–H and O–H groups in total. The molecule has 0 fully saturated rings. The van der Waals surface area contributed by atoms with Gasteiger partial charge in [-0.15, -0.1) is 0 Å². The van der Waals surface area contributed by atoms with Crippen molar-refractivity contribution < 1.29 is 4.79 Å². The number of amides is 1. The van der Waals surface area contributed by atoms with Gasteiger partial charge in [0.25, 0.3) is 5.91 Å². The van der Waals surface area contributed by atoms with E-state index >= 15 is 0 Å². The van der Waals surface area contributed by atoms with Crippen molar-refractivity contribution in [1.29, 1.82) is 0 Å². The van der Waals surface area contributed by atoms with Crippen LogP contribution >= 0.6 is 0 Å². The van der Waals surface area contributed by atoms with Crippen molar-refractivity contribution in [2.75, 3.05) is 0 Å². The van der Waals surface area contributed by atoms with E-state index in [-0.39, 0.29) is 11.0 Å². The van der Waals surface area contributed by atoms with E-state index in [1.165, 1.54) is 6.20 Å². The molecule has 1 amide bonds. The average molecular weight is 268 g/mol. The van der Waals surface area contributed by atoms with Crippen molar-refractivity contribution >= 4 is 16.8 Å². The lowest BCUT2D eigenvalue weighted by atomic mass is 10.1. The van der Waals surface area contributed by atoms with E-state index in [0.717, 1.165) is 5.69 Å². The largest absolute Gasteiger partial charge is 0.360 e. The molecule has 3 aromatic rings. The fraction of sp³-hybridized carbons (Fsp3) is 0.0714. The standard InChI is InChI=1S/C14H12N4O2/c19-13-10-3-1-2-4-12(10)15-8-11(13)14(20)16-7-9-5-6-17-18-9/h1-6,8H,7H2,(H,15,19)(H,16,20)(H,17,18). The van der Waals surface area contributed by atoms with E-state index in [4.69, 9.17) is 0 Å². The molecule has 0 aliphatic carbocycles. The quantitative estimate of drug-likeness (QED) is 0.666. The molecule has 0 unspecified atom stereocenters. The maximum absolute atomic E-state index is 12.2. The van der Waals surface area contributed by atoms with Gasteiger partial charge in [-0.2, -0.15) is 5.10 Å². The molecule has 0 aliphatic rings. The number of benzene rings is 1. The third-order valence-corrected chi connectivity index (χ3v) is 3.03. The van der Waals surface area contributed by atoms with Gasteiger partial charge in [0, 0.05) is 23.3 Å². The lowest BCUT2D eigenvalue weighted by molar-refractivity contribution is 0.0949. The fourth-order valence-electron chi connectivity index (χ4n) is 1.99. The van der Waals surface area contributed by atoms with E-state index in [1.54, 1.807) is 30.5 Å². The first-order valence-electron chi connectivity index (χ1n) is 6.12. The summed E-state index contributed by atoms with van der Waals surface area (Å²) in [5, 5.41) is 9.70. The SMILES string of the molecule is O=C(NCc1ccn[nH]1)c1c[nH]c2ccccc2c1=O. The summed E-state index contributed by atoms with van der Waals surface area (Å²) < 4.78 is 0. The third kappa shape index (κ3) is 2.18. The molecular weight excluding hydrogens is 256 g/mol. The van der Waals surface area contributed by atoms with Gasteiger partial charge in [0.15, 0.2) is 0 Å². The minimum Gasteiger partial charge on any atom is -0.360 e. The summed E-state index contributed by atoms with van der Waals surface area (Å²) in [6.07, 6.45) is 3.04. The maximum Gasteiger partial charge on any atom is 0.257 e. The van der Waals surface area contributed by atoms with Crippen LogP contribution in [0.1, 0.15) is 16.1 Å². The van der Waals surface area contributed by atoms with Crippen LogP contribution in [0.3, 0.4) is 0 Å². The second kappa shape index (κ2) is 5.00. The van der Waals surface area contributed by atoms with Crippen LogP contribution in [-0.2, 0) is 6.54 Å². The lowest BCUT2D eigenvalue weighted by Gasteiger charge is -2.04. The van der Waals surface area contributed by atoms with Gasteiger partial charge in [-0.1, -0.05) is 12.1 Å². The Hall–Kier alpha value is -2.89. The van der Waals surface area contributed by atoms with E-state index in [9.17, 15) is 9.59 Å². The molecule has 0 spiro atoms. The Bertz CT molecular complexity index is 805. The maximum atomic E-state index is 12.2. The summed E-state index contributed by atoms with van der Waals surface area (Å²) in [5.74, 6) is -0.411. The lowest BCUT2D eigenvalue weighted by Crippen LogP contribution is -2.28. The highest BCUT2D eigenvalue weighted by molar-refractivity contribution is 5.97. The van der Waals surface area contributed by atoms with E-state index in [1.807, 2.05) is 6.07 Å². The zero-order valence-electron chi connectivity index (χ0n) is 10.5. The molecule has 0 aliphatic heterocycles. The molecule has 0 bridgehead atoms. The van der Waals surface area contributed by atoms with E-state index < -0.39 is 5.91 Å². The molecule has 2 heterocycles. The van der Waals surface area contributed by atoms with Gasteiger partial charge in [0.1, 0.15) is 5.56 Å². The average Bonchev–Trinajstić information content (AvgIpc) is 2.99. The number of carbonyl (C=O) groups is 1. The molecule has 0 radical (unpaired) electrons. The van der Waals surface area contributed by atoms with Crippen molar-refractivity contribution in [1.82, 2.24) is 20.5 Å². The molecule has 6 nitrogen and oxygen atoms in total. The van der Waals surface area contributed by atoms with Gasteiger partial charge < -0.3 is 10.3 Å². The van der Waals surface area contributed by atoms with Crippen LogP contribution in [0.5, 0.6) is 0 Å². The smallest absolute Gasteiger partial charge is 0.257 e. The Kier molecular flexibility index (Phi) is 3.04. The molecule has 0 saturated carbocycles. The van der Waals surface area contributed by atoms with Gasteiger partial charge in [-0.25, -0.2) is 0 Å². The molecule has 100 valence electrons. The molecule has 0 atom stereocenters. The minimum atomic E-state index is -0.411. The highest BCUT2D eigenvalue weighted by Gasteiger charge is 2.12. The zero-order chi connectivity index (χ0) is 13.9. The van der Waals surface area contributed by atoms with Gasteiger partial charge >= 0.3 is 0 Å². The molecular formula is C14H12N4O2. The number of carbonyl (C=O) groups excluding carboxylic acids is 1. The van der Waals surface area contributed by atoms with Crippen LogP contribution < -0.4 is 10.7 Å². The fourth-order valence-corrected chi connectivity index (χ4v) is 1.99. The molecule has 0 saturated heterocycles. The number of rotatable bonds is 3. The predicted octanol–water partition coefficient (Wildman–Crippen LogP) is 1.18. The summed E-state index contributed by atoms with van der Waals surface area (Å²) in [6, 6.07) is 8.84. The van der Waals surface area contributed by atoms with Gasteiger partial charge in [0.05, 0.1) is 12.2 Å². The Balaban J connectivity index is 1.88. The summed E-state index contributed by atoms with van der Waals surface area (Å²) >= 11 is 0. The Morgan fingerprint density at radius 3 is 2.90 bits per heavy atom. The van der Waals surface area contributed by atoms with Crippen LogP contribution in [-0.4, -0.2) is 21.1 Å². The van der Waals surface area contributed by atoms with E-state index in [2.05, 4.69) is 20.5 Å². The van der Waals surface area contributed by atoms with E-state index in [0.29, 0.717) is 17.4 Å². The summed E-state index contributed by atoms with van der Waals surface area (Å²) in [5.41, 5.74) is 1.31. The first-order valence-corrected chi connectivity index (χ1v) is 6.12. The number of hydrogen-bond donors (Lipinski definition) is 3. The van der Waals surface area contributed by atoms with Crippen molar-refractivity contribution in [3.63, 3.8) is 0 Å². The summed E-state index contributed by atoms with van der Waals surface area (Å²) in [7, 11) is 0. The van der Waals surface area contributed by atoms with Crippen molar-refractivity contribution in [2.24, 2.45) is 0 Å². The van der Waals surface area contributed by atoms with Crippen molar-refractivity contribution in [3.05, 3.63) is 64.2 Å². The predicted molar refractivity (Wildman–Crippen MR) is 74.3 cm³/mol. The molecule has 20 heavy (non-hydrogen) atoms. The van der Waals surface area contributed by atoms with Crippen LogP contribution in [0.2, 0.25) is 0 Å². The topological polar surface area (TPSA) is 90.6 Å². The Morgan fingerprint density at radius 2 is 2.10 bits per heavy atom. The van der Waals surface area contributed by atoms with Crippen molar-refractivity contribution in [2.45, 2.75) is 6.54 Å². The van der Waals surface area contributed by atoms with Crippen LogP contribution in [0.15, 0.2) is 47.5 Å². The number of aromatic amines is 2. The minimum absolute atomic E-state index is 0.100. The van der Waals surface area contributed by atoms with Gasteiger partial charge in [-0.05, 0) is 18.2 Å². The van der Waals surface area contributed by atoms with Crippen molar-refractivity contribution in [3.8, 4) is 0 Å². The number of hydrogen-bond acceptors (Lipinski definition) is 3.